The monoisotopic (exact) mass is 562 g/mol. The van der Waals surface area contributed by atoms with Crippen molar-refractivity contribution < 1.29 is 24.6 Å². The van der Waals surface area contributed by atoms with Gasteiger partial charge in [0.15, 0.2) is 0 Å². The van der Waals surface area contributed by atoms with Gasteiger partial charge in [0.1, 0.15) is 5.75 Å². The first-order chi connectivity index (χ1) is 19.6. The van der Waals surface area contributed by atoms with E-state index in [9.17, 15) is 24.6 Å². The van der Waals surface area contributed by atoms with Gasteiger partial charge in [-0.15, -0.1) is 0 Å². The number of carbonyl (C=O) groups excluding carboxylic acids is 3. The van der Waals surface area contributed by atoms with Crippen molar-refractivity contribution in [3.63, 3.8) is 0 Å². The molecule has 3 atom stereocenters. The molecular weight excluding hydrogens is 520 g/mol. The van der Waals surface area contributed by atoms with Crippen molar-refractivity contribution in [2.24, 2.45) is 16.9 Å². The van der Waals surface area contributed by atoms with Crippen molar-refractivity contribution in [2.75, 3.05) is 13.1 Å². The highest BCUT2D eigenvalue weighted by Crippen LogP contribution is 2.40. The number of rotatable bonds is 14. The molecule has 7 N–H and O–H groups in total. The summed E-state index contributed by atoms with van der Waals surface area (Å²) in [7, 11) is 0. The van der Waals surface area contributed by atoms with Gasteiger partial charge in [-0.3, -0.25) is 14.4 Å². The zero-order valence-corrected chi connectivity index (χ0v) is 23.9. The molecule has 0 saturated heterocycles. The molecule has 9 heteroatoms. The maximum atomic E-state index is 14.0. The van der Waals surface area contributed by atoms with Crippen LogP contribution in [-0.4, -0.2) is 58.1 Å². The van der Waals surface area contributed by atoms with E-state index in [-0.39, 0.29) is 48.6 Å². The molecule has 0 aromatic heterocycles. The van der Waals surface area contributed by atoms with Gasteiger partial charge in [0, 0.05) is 36.8 Å². The number of aliphatic hydroxyl groups excluding tert-OH is 1. The van der Waals surface area contributed by atoms with Crippen LogP contribution in [0, 0.1) is 5.41 Å². The fourth-order valence-electron chi connectivity index (χ4n) is 5.20. The summed E-state index contributed by atoms with van der Waals surface area (Å²) in [5.41, 5.74) is 12.7. The molecule has 41 heavy (non-hydrogen) atoms. The number of phenols is 1. The second kappa shape index (κ2) is 14.6. The number of nitrogens with one attached hydrogen (secondary N) is 1. The molecule has 0 heterocycles. The number of nitrogens with zero attached hydrogens (tertiary/aromatic N) is 1. The summed E-state index contributed by atoms with van der Waals surface area (Å²) in [6, 6.07) is 15.1. The van der Waals surface area contributed by atoms with E-state index in [0.717, 1.165) is 24.0 Å². The fraction of sp³-hybridized carbons (Fsp3) is 0.406. The van der Waals surface area contributed by atoms with Crippen LogP contribution < -0.4 is 16.8 Å². The summed E-state index contributed by atoms with van der Waals surface area (Å²) < 4.78 is 0. The minimum atomic E-state index is -1.45. The molecule has 220 valence electrons. The van der Waals surface area contributed by atoms with Crippen LogP contribution in [0.3, 0.4) is 0 Å². The van der Waals surface area contributed by atoms with Gasteiger partial charge in [-0.1, -0.05) is 62.4 Å². The maximum Gasteiger partial charge on any atom is 0.249 e. The number of aliphatic hydroxyl groups is 1. The second-order valence-electron chi connectivity index (χ2n) is 10.7. The largest absolute Gasteiger partial charge is 0.508 e. The average molecular weight is 563 g/mol. The lowest BCUT2D eigenvalue weighted by Crippen LogP contribution is -2.48. The van der Waals surface area contributed by atoms with Crippen molar-refractivity contribution >= 4 is 17.7 Å². The fourth-order valence-corrected chi connectivity index (χ4v) is 5.20. The molecule has 1 aliphatic rings. The van der Waals surface area contributed by atoms with Gasteiger partial charge in [0.25, 0.3) is 0 Å². The molecule has 0 spiro atoms. The number of primary amides is 1. The Morgan fingerprint density at radius 2 is 1.63 bits per heavy atom. The number of phenolic OH excluding ortho intramolecular Hbond substituents is 1. The van der Waals surface area contributed by atoms with E-state index in [1.54, 1.807) is 17.0 Å². The van der Waals surface area contributed by atoms with Crippen LogP contribution in [0.25, 0.3) is 0 Å². The summed E-state index contributed by atoms with van der Waals surface area (Å²) in [4.78, 5) is 41.8. The standard InChI is InChI=1S/C32H42N4O5/c1-3-14-36(15-4-2)30(40)25-17-24(29(34)39)18-32(19-25,31(41)35-21-23-8-6-5-7-9-23)20-28(38)27(33)16-22-10-12-26(37)13-11-22/h5-13,17-18,27-28,37-38H,3-4,14-16,19-21,33H2,1-2H3,(H2,34,39)(H,35,41)/t27-,28+,32?/m0/s1. The molecule has 1 aliphatic carbocycles. The molecule has 0 aliphatic heterocycles. The summed E-state index contributed by atoms with van der Waals surface area (Å²) in [6.07, 6.45) is 3.44. The Balaban J connectivity index is 1.96. The van der Waals surface area contributed by atoms with Gasteiger partial charge < -0.3 is 31.9 Å². The van der Waals surface area contributed by atoms with Crippen molar-refractivity contribution in [3.05, 3.63) is 89.0 Å². The predicted octanol–water partition coefficient (Wildman–Crippen LogP) is 2.71. The quantitative estimate of drug-likeness (QED) is 0.238. The molecule has 0 saturated carbocycles. The Labute approximate surface area is 241 Å². The lowest BCUT2D eigenvalue weighted by molar-refractivity contribution is -0.131. The van der Waals surface area contributed by atoms with Gasteiger partial charge >= 0.3 is 0 Å². The number of aromatic hydroxyl groups is 1. The van der Waals surface area contributed by atoms with Gasteiger partial charge in [-0.05, 0) is 61.4 Å². The topological polar surface area (TPSA) is 159 Å². The van der Waals surface area contributed by atoms with Gasteiger partial charge in [-0.25, -0.2) is 0 Å². The van der Waals surface area contributed by atoms with Crippen LogP contribution >= 0.6 is 0 Å². The highest BCUT2D eigenvalue weighted by atomic mass is 16.3. The van der Waals surface area contributed by atoms with E-state index < -0.39 is 29.4 Å². The van der Waals surface area contributed by atoms with Crippen LogP contribution in [0.1, 0.15) is 50.7 Å². The lowest BCUT2D eigenvalue weighted by Gasteiger charge is -2.37. The molecule has 3 amide bonds. The molecule has 9 nitrogen and oxygen atoms in total. The first kappa shape index (κ1) is 31.6. The first-order valence-corrected chi connectivity index (χ1v) is 14.1. The van der Waals surface area contributed by atoms with Crippen molar-refractivity contribution in [1.82, 2.24) is 10.2 Å². The number of hydrogen-bond donors (Lipinski definition) is 5. The maximum absolute atomic E-state index is 14.0. The predicted molar refractivity (Wildman–Crippen MR) is 158 cm³/mol. The first-order valence-electron chi connectivity index (χ1n) is 14.1. The van der Waals surface area contributed by atoms with Crippen LogP contribution in [0.4, 0.5) is 0 Å². The zero-order valence-electron chi connectivity index (χ0n) is 23.9. The van der Waals surface area contributed by atoms with E-state index in [4.69, 9.17) is 11.5 Å². The molecule has 0 fully saturated rings. The lowest BCUT2D eigenvalue weighted by atomic mass is 9.70. The summed E-state index contributed by atoms with van der Waals surface area (Å²) >= 11 is 0. The highest BCUT2D eigenvalue weighted by Gasteiger charge is 2.44. The Hall–Kier alpha value is -3.95. The van der Waals surface area contributed by atoms with E-state index in [0.29, 0.717) is 13.1 Å². The molecule has 2 aromatic rings. The third-order valence-electron chi connectivity index (χ3n) is 7.32. The van der Waals surface area contributed by atoms with Crippen molar-refractivity contribution in [3.8, 4) is 5.75 Å². The van der Waals surface area contributed by atoms with E-state index in [1.807, 2.05) is 44.2 Å². The minimum absolute atomic E-state index is 0.0177. The van der Waals surface area contributed by atoms with Gasteiger partial charge in [0.05, 0.1) is 11.5 Å². The number of amides is 3. The number of benzene rings is 2. The highest BCUT2D eigenvalue weighted by molar-refractivity contribution is 6.03. The van der Waals surface area contributed by atoms with E-state index in [2.05, 4.69) is 5.32 Å². The molecular formula is C32H42N4O5. The summed E-state index contributed by atoms with van der Waals surface area (Å²) in [5, 5.41) is 23.8. The molecule has 0 bridgehead atoms. The number of carbonyl (C=O) groups is 3. The van der Waals surface area contributed by atoms with Gasteiger partial charge in [0.2, 0.25) is 17.7 Å². The minimum Gasteiger partial charge on any atom is -0.508 e. The molecule has 2 aromatic carbocycles. The zero-order chi connectivity index (χ0) is 30.0. The normalized spacial score (nSPS) is 18.0. The number of nitrogens with two attached hydrogens (primary N) is 2. The average Bonchev–Trinajstić information content (AvgIpc) is 2.96. The third-order valence-corrected chi connectivity index (χ3v) is 7.32. The number of hydrogen-bond acceptors (Lipinski definition) is 6. The smallest absolute Gasteiger partial charge is 0.249 e. The van der Waals surface area contributed by atoms with Crippen LogP contribution in [0.15, 0.2) is 77.9 Å². The summed E-state index contributed by atoms with van der Waals surface area (Å²) in [5.74, 6) is -1.35. The summed E-state index contributed by atoms with van der Waals surface area (Å²) in [6.45, 7) is 5.25. The van der Waals surface area contributed by atoms with E-state index in [1.165, 1.54) is 24.3 Å². The van der Waals surface area contributed by atoms with Crippen molar-refractivity contribution in [2.45, 2.75) is 64.6 Å². The molecule has 1 unspecified atom stereocenters. The van der Waals surface area contributed by atoms with Gasteiger partial charge in [-0.2, -0.15) is 0 Å². The van der Waals surface area contributed by atoms with Crippen LogP contribution in [-0.2, 0) is 27.3 Å². The third kappa shape index (κ3) is 8.52. The molecule has 0 radical (unpaired) electrons. The van der Waals surface area contributed by atoms with Crippen LogP contribution in [0.2, 0.25) is 0 Å². The Morgan fingerprint density at radius 1 is 1.00 bits per heavy atom. The SMILES string of the molecule is CCCN(CCC)C(=O)C1=CC(C(N)=O)=CC(C[C@@H](O)[C@@H](N)Cc2ccc(O)cc2)(C(=O)NCc2ccccc2)C1. The Bertz CT molecular complexity index is 1250. The molecule has 3 rings (SSSR count). The van der Waals surface area contributed by atoms with Crippen LogP contribution in [0.5, 0.6) is 5.75 Å². The second-order valence-corrected chi connectivity index (χ2v) is 10.7. The Morgan fingerprint density at radius 3 is 2.22 bits per heavy atom. The van der Waals surface area contributed by atoms with E-state index >= 15 is 0 Å². The Kier molecular flexibility index (Phi) is 11.3. The van der Waals surface area contributed by atoms with Crippen molar-refractivity contribution in [1.29, 1.82) is 0 Å².